The minimum Gasteiger partial charge on any atom is -0.378 e. The molecule has 0 radical (unpaired) electrons. The van der Waals surface area contributed by atoms with Crippen LogP contribution < -0.4 is 0 Å². The lowest BCUT2D eigenvalue weighted by atomic mass is 10.1. The van der Waals surface area contributed by atoms with Crippen molar-refractivity contribution in [1.29, 1.82) is 0 Å². The predicted molar refractivity (Wildman–Crippen MR) is 87.7 cm³/mol. The first-order valence-electron chi connectivity index (χ1n) is 7.93. The molecule has 0 spiro atoms. The van der Waals surface area contributed by atoms with Gasteiger partial charge in [-0.15, -0.1) is 0 Å². The van der Waals surface area contributed by atoms with Crippen molar-refractivity contribution in [3.8, 4) is 5.69 Å². The van der Waals surface area contributed by atoms with Gasteiger partial charge in [0.25, 0.3) is 5.91 Å². The number of ether oxygens (including phenoxy) is 1. The Morgan fingerprint density at radius 2 is 1.88 bits per heavy atom. The van der Waals surface area contributed by atoms with Crippen LogP contribution in [0.1, 0.15) is 10.4 Å². The molecule has 0 unspecified atom stereocenters. The first-order chi connectivity index (χ1) is 12.1. The predicted octanol–water partition coefficient (Wildman–Crippen LogP) is 2.78. The van der Waals surface area contributed by atoms with Crippen molar-refractivity contribution < 1.29 is 18.3 Å². The van der Waals surface area contributed by atoms with Crippen molar-refractivity contribution in [2.45, 2.75) is 0 Å². The van der Waals surface area contributed by atoms with Gasteiger partial charge in [0.15, 0.2) is 0 Å². The summed E-state index contributed by atoms with van der Waals surface area (Å²) in [5, 5.41) is 0. The van der Waals surface area contributed by atoms with Gasteiger partial charge in [0.05, 0.1) is 29.9 Å². The van der Waals surface area contributed by atoms with E-state index in [0.717, 1.165) is 6.07 Å². The molecule has 4 rings (SSSR count). The first-order valence-corrected chi connectivity index (χ1v) is 7.93. The molecule has 1 aliphatic heterocycles. The fraction of sp³-hybridized carbons (Fsp3) is 0.222. The summed E-state index contributed by atoms with van der Waals surface area (Å²) in [5.74, 6) is -1.38. The van der Waals surface area contributed by atoms with Crippen LogP contribution >= 0.6 is 0 Å². The number of carbonyl (C=O) groups is 1. The van der Waals surface area contributed by atoms with Crippen LogP contribution in [0.3, 0.4) is 0 Å². The molecule has 1 amide bonds. The van der Waals surface area contributed by atoms with Gasteiger partial charge in [-0.3, -0.25) is 9.36 Å². The fourth-order valence-corrected chi connectivity index (χ4v) is 2.96. The van der Waals surface area contributed by atoms with Crippen LogP contribution in [-0.4, -0.2) is 46.7 Å². The zero-order valence-corrected chi connectivity index (χ0v) is 13.3. The number of imidazole rings is 1. The van der Waals surface area contributed by atoms with Gasteiger partial charge in [-0.05, 0) is 30.3 Å². The van der Waals surface area contributed by atoms with Crippen LogP contribution in [0.25, 0.3) is 16.7 Å². The van der Waals surface area contributed by atoms with Gasteiger partial charge in [-0.25, -0.2) is 13.8 Å². The zero-order valence-electron chi connectivity index (χ0n) is 13.3. The number of fused-ring (bicyclic) bond motifs is 1. The molecule has 1 saturated heterocycles. The monoisotopic (exact) mass is 343 g/mol. The van der Waals surface area contributed by atoms with Gasteiger partial charge in [0.2, 0.25) is 0 Å². The second-order valence-electron chi connectivity index (χ2n) is 5.82. The molecular formula is C18H15F2N3O2. The molecule has 0 bridgehead atoms. The molecule has 2 heterocycles. The average Bonchev–Trinajstić information content (AvgIpc) is 3.05. The summed E-state index contributed by atoms with van der Waals surface area (Å²) in [4.78, 5) is 18.5. The third-order valence-electron chi connectivity index (χ3n) is 4.26. The highest BCUT2D eigenvalue weighted by Crippen LogP contribution is 2.22. The Hall–Kier alpha value is -2.80. The van der Waals surface area contributed by atoms with Crippen molar-refractivity contribution >= 4 is 16.9 Å². The number of aromatic nitrogens is 2. The van der Waals surface area contributed by atoms with Crippen molar-refractivity contribution in [3.05, 3.63) is 59.9 Å². The Balaban J connectivity index is 1.70. The molecule has 3 aromatic rings. The second kappa shape index (κ2) is 6.25. The maximum atomic E-state index is 14.0. The molecular weight excluding hydrogens is 328 g/mol. The molecule has 2 aromatic carbocycles. The molecule has 1 fully saturated rings. The Morgan fingerprint density at radius 1 is 1.08 bits per heavy atom. The van der Waals surface area contributed by atoms with E-state index in [9.17, 15) is 13.6 Å². The minimum absolute atomic E-state index is 0.0762. The largest absolute Gasteiger partial charge is 0.378 e. The minimum atomic E-state index is -0.673. The van der Waals surface area contributed by atoms with E-state index in [1.807, 2.05) is 0 Å². The van der Waals surface area contributed by atoms with E-state index >= 15 is 0 Å². The average molecular weight is 343 g/mol. The highest BCUT2D eigenvalue weighted by Gasteiger charge is 2.19. The third-order valence-corrected chi connectivity index (χ3v) is 4.26. The van der Waals surface area contributed by atoms with Crippen LogP contribution in [0.5, 0.6) is 0 Å². The summed E-state index contributed by atoms with van der Waals surface area (Å²) in [6.45, 7) is 2.19. The number of hydrogen-bond donors (Lipinski definition) is 0. The van der Waals surface area contributed by atoms with Crippen molar-refractivity contribution in [2.24, 2.45) is 0 Å². The van der Waals surface area contributed by atoms with Gasteiger partial charge in [0.1, 0.15) is 18.0 Å². The summed E-state index contributed by atoms with van der Waals surface area (Å²) in [7, 11) is 0. The summed E-state index contributed by atoms with van der Waals surface area (Å²) < 4.78 is 33.9. The van der Waals surface area contributed by atoms with Crippen LogP contribution in [0.4, 0.5) is 8.78 Å². The van der Waals surface area contributed by atoms with Crippen molar-refractivity contribution in [2.75, 3.05) is 26.3 Å². The lowest BCUT2D eigenvalue weighted by Crippen LogP contribution is -2.40. The smallest absolute Gasteiger partial charge is 0.254 e. The van der Waals surface area contributed by atoms with Crippen LogP contribution in [0.2, 0.25) is 0 Å². The number of rotatable bonds is 2. The van der Waals surface area contributed by atoms with E-state index in [2.05, 4.69) is 4.98 Å². The van der Waals surface area contributed by atoms with Crippen LogP contribution in [0, 0.1) is 11.6 Å². The van der Waals surface area contributed by atoms with Gasteiger partial charge < -0.3 is 9.64 Å². The molecule has 1 aromatic heterocycles. The van der Waals surface area contributed by atoms with Crippen molar-refractivity contribution in [3.63, 3.8) is 0 Å². The van der Waals surface area contributed by atoms with Gasteiger partial charge in [0, 0.05) is 24.7 Å². The van der Waals surface area contributed by atoms with Gasteiger partial charge in [-0.1, -0.05) is 0 Å². The molecule has 1 aliphatic rings. The topological polar surface area (TPSA) is 47.4 Å². The fourth-order valence-electron chi connectivity index (χ4n) is 2.96. The summed E-state index contributed by atoms with van der Waals surface area (Å²) >= 11 is 0. The van der Waals surface area contributed by atoms with E-state index in [1.165, 1.54) is 23.0 Å². The van der Waals surface area contributed by atoms with E-state index in [1.54, 1.807) is 23.1 Å². The number of morpholine rings is 1. The Labute approximate surface area is 142 Å². The number of carbonyl (C=O) groups excluding carboxylic acids is 1. The molecule has 0 N–H and O–H groups in total. The van der Waals surface area contributed by atoms with E-state index in [4.69, 9.17) is 4.74 Å². The lowest BCUT2D eigenvalue weighted by Gasteiger charge is -2.26. The molecule has 128 valence electrons. The maximum Gasteiger partial charge on any atom is 0.254 e. The number of halogens is 2. The summed E-state index contributed by atoms with van der Waals surface area (Å²) in [5.41, 5.74) is 1.95. The molecule has 5 nitrogen and oxygen atoms in total. The standard InChI is InChI=1S/C18H15F2N3O2/c19-13-2-4-16(14(20)10-13)23-11-21-15-9-12(1-3-17(15)23)18(24)22-5-7-25-8-6-22/h1-4,9-11H,5-8H2. The normalized spacial score (nSPS) is 14.9. The summed E-state index contributed by atoms with van der Waals surface area (Å²) in [6, 6.07) is 8.49. The van der Waals surface area contributed by atoms with Crippen molar-refractivity contribution in [1.82, 2.24) is 14.5 Å². The number of hydrogen-bond acceptors (Lipinski definition) is 3. The highest BCUT2D eigenvalue weighted by molar-refractivity contribution is 5.97. The molecule has 0 atom stereocenters. The van der Waals surface area contributed by atoms with Crippen LogP contribution in [0.15, 0.2) is 42.7 Å². The Kier molecular flexibility index (Phi) is 3.93. The molecule has 25 heavy (non-hydrogen) atoms. The molecule has 0 saturated carbocycles. The Bertz CT molecular complexity index is 949. The van der Waals surface area contributed by atoms with Gasteiger partial charge >= 0.3 is 0 Å². The SMILES string of the molecule is O=C(c1ccc2c(c1)ncn2-c1ccc(F)cc1F)N1CCOCC1. The maximum absolute atomic E-state index is 14.0. The highest BCUT2D eigenvalue weighted by atomic mass is 19.1. The van der Waals surface area contributed by atoms with Crippen LogP contribution in [-0.2, 0) is 4.74 Å². The Morgan fingerprint density at radius 3 is 2.64 bits per heavy atom. The lowest BCUT2D eigenvalue weighted by molar-refractivity contribution is 0.0303. The molecule has 0 aliphatic carbocycles. The third kappa shape index (κ3) is 2.87. The van der Waals surface area contributed by atoms with E-state index in [0.29, 0.717) is 42.9 Å². The van der Waals surface area contributed by atoms with E-state index in [-0.39, 0.29) is 11.6 Å². The number of benzene rings is 2. The zero-order chi connectivity index (χ0) is 17.4. The first kappa shape index (κ1) is 15.7. The van der Waals surface area contributed by atoms with E-state index < -0.39 is 11.6 Å². The number of amides is 1. The summed E-state index contributed by atoms with van der Waals surface area (Å²) in [6.07, 6.45) is 1.46. The quantitative estimate of drug-likeness (QED) is 0.719. The van der Waals surface area contributed by atoms with Gasteiger partial charge in [-0.2, -0.15) is 0 Å². The molecule has 7 heteroatoms. The second-order valence-corrected chi connectivity index (χ2v) is 5.82. The number of nitrogens with zero attached hydrogens (tertiary/aromatic N) is 3.